The van der Waals surface area contributed by atoms with Gasteiger partial charge in [-0.25, -0.2) is 9.98 Å². The predicted octanol–water partition coefficient (Wildman–Crippen LogP) is 4.89. The molecule has 0 spiro atoms. The highest BCUT2D eigenvalue weighted by Crippen LogP contribution is 2.14. The second-order valence-corrected chi connectivity index (χ2v) is 8.54. The summed E-state index contributed by atoms with van der Waals surface area (Å²) < 4.78 is 5.87. The molecule has 0 saturated heterocycles. The minimum atomic E-state index is -0.135. The number of guanidine groups is 1. The van der Waals surface area contributed by atoms with Gasteiger partial charge in [0, 0.05) is 17.6 Å². The standard InChI is InChI=1S/C21H32N4OS.HI/c1-6-18-13-23-19(27-18)14-25-20(22-7-2)24-12-16-9-8-10-17(11-16)15-26-21(3,4)5;/h8-11,13H,6-7,12,14-15H2,1-5H3,(H2,22,24,25);1H. The normalized spacial score (nSPS) is 11.8. The highest BCUT2D eigenvalue weighted by atomic mass is 127. The van der Waals surface area contributed by atoms with Crippen molar-refractivity contribution in [2.75, 3.05) is 6.54 Å². The average Bonchev–Trinajstić information content (AvgIpc) is 3.10. The van der Waals surface area contributed by atoms with Gasteiger partial charge in [0.2, 0.25) is 0 Å². The molecular weight excluding hydrogens is 483 g/mol. The molecule has 156 valence electrons. The zero-order valence-corrected chi connectivity index (χ0v) is 20.7. The minimum Gasteiger partial charge on any atom is -0.371 e. The summed E-state index contributed by atoms with van der Waals surface area (Å²) in [4.78, 5) is 10.5. The van der Waals surface area contributed by atoms with E-state index in [1.807, 2.05) is 6.20 Å². The van der Waals surface area contributed by atoms with Crippen LogP contribution in [0.15, 0.2) is 35.5 Å². The van der Waals surface area contributed by atoms with E-state index < -0.39 is 0 Å². The molecule has 0 aliphatic rings. The Hall–Kier alpha value is -1.19. The summed E-state index contributed by atoms with van der Waals surface area (Å²) in [5.74, 6) is 0.807. The summed E-state index contributed by atoms with van der Waals surface area (Å²) in [5, 5.41) is 7.74. The Balaban J connectivity index is 0.00000392. The van der Waals surface area contributed by atoms with Gasteiger partial charge in [0.25, 0.3) is 0 Å². The van der Waals surface area contributed by atoms with Crippen molar-refractivity contribution in [1.29, 1.82) is 0 Å². The van der Waals surface area contributed by atoms with E-state index in [0.29, 0.717) is 19.7 Å². The molecule has 5 nitrogen and oxygen atoms in total. The van der Waals surface area contributed by atoms with Crippen LogP contribution in [0.4, 0.5) is 0 Å². The summed E-state index contributed by atoms with van der Waals surface area (Å²) in [6, 6.07) is 8.42. The number of halogens is 1. The molecule has 2 rings (SSSR count). The highest BCUT2D eigenvalue weighted by Gasteiger charge is 2.10. The molecule has 28 heavy (non-hydrogen) atoms. The molecule has 1 aromatic heterocycles. The molecule has 0 unspecified atom stereocenters. The number of ether oxygens (including phenoxy) is 1. The molecule has 0 aliphatic carbocycles. The molecule has 7 heteroatoms. The fourth-order valence-electron chi connectivity index (χ4n) is 2.38. The third kappa shape index (κ3) is 9.34. The summed E-state index contributed by atoms with van der Waals surface area (Å²) in [5.41, 5.74) is 2.21. The van der Waals surface area contributed by atoms with Gasteiger partial charge in [-0.1, -0.05) is 31.2 Å². The van der Waals surface area contributed by atoms with Crippen molar-refractivity contribution in [2.45, 2.75) is 66.3 Å². The van der Waals surface area contributed by atoms with Crippen molar-refractivity contribution in [3.05, 3.63) is 51.5 Å². The van der Waals surface area contributed by atoms with Gasteiger partial charge in [0.15, 0.2) is 5.96 Å². The van der Waals surface area contributed by atoms with Crippen LogP contribution in [-0.2, 0) is 30.9 Å². The lowest BCUT2D eigenvalue weighted by Gasteiger charge is -2.19. The number of rotatable bonds is 8. The van der Waals surface area contributed by atoms with Gasteiger partial charge in [-0.15, -0.1) is 35.3 Å². The Bertz CT molecular complexity index is 740. The number of aliphatic imine (C=N–C) groups is 1. The summed E-state index contributed by atoms with van der Waals surface area (Å²) in [6.45, 7) is 13.2. The van der Waals surface area contributed by atoms with E-state index in [2.05, 4.69) is 74.5 Å². The SMILES string of the molecule is CCNC(=NCc1cccc(COC(C)(C)C)c1)NCc1ncc(CC)s1.I. The molecule has 2 N–H and O–H groups in total. The van der Waals surface area contributed by atoms with E-state index >= 15 is 0 Å². The first kappa shape index (κ1) is 24.8. The first-order valence-corrected chi connectivity index (χ1v) is 10.4. The quantitative estimate of drug-likeness (QED) is 0.298. The topological polar surface area (TPSA) is 58.5 Å². The van der Waals surface area contributed by atoms with Crippen LogP contribution in [0.1, 0.15) is 55.6 Å². The molecule has 0 saturated carbocycles. The van der Waals surface area contributed by atoms with Gasteiger partial charge >= 0.3 is 0 Å². The molecule has 0 bridgehead atoms. The van der Waals surface area contributed by atoms with Gasteiger partial charge in [-0.3, -0.25) is 0 Å². The van der Waals surface area contributed by atoms with Crippen LogP contribution in [-0.4, -0.2) is 23.1 Å². The number of aryl methyl sites for hydroxylation is 1. The van der Waals surface area contributed by atoms with Crippen LogP contribution < -0.4 is 10.6 Å². The van der Waals surface area contributed by atoms with E-state index in [9.17, 15) is 0 Å². The van der Waals surface area contributed by atoms with E-state index in [4.69, 9.17) is 9.73 Å². The van der Waals surface area contributed by atoms with Crippen molar-refractivity contribution in [1.82, 2.24) is 15.6 Å². The molecular formula is C21H33IN4OS. The molecule has 2 aromatic rings. The van der Waals surface area contributed by atoms with Crippen molar-refractivity contribution in [3.63, 3.8) is 0 Å². The van der Waals surface area contributed by atoms with Gasteiger partial charge in [0.05, 0.1) is 25.3 Å². The smallest absolute Gasteiger partial charge is 0.191 e. The maximum atomic E-state index is 5.87. The monoisotopic (exact) mass is 516 g/mol. The minimum absolute atomic E-state index is 0. The van der Waals surface area contributed by atoms with Crippen LogP contribution in [0.5, 0.6) is 0 Å². The van der Waals surface area contributed by atoms with E-state index in [1.54, 1.807) is 11.3 Å². The molecule has 0 aliphatic heterocycles. The maximum absolute atomic E-state index is 5.87. The number of thiazole rings is 1. The Labute approximate surface area is 190 Å². The van der Waals surface area contributed by atoms with Crippen molar-refractivity contribution in [3.8, 4) is 0 Å². The molecule has 1 heterocycles. The van der Waals surface area contributed by atoms with Gasteiger partial charge in [0.1, 0.15) is 5.01 Å². The molecule has 0 atom stereocenters. The zero-order chi connectivity index (χ0) is 19.7. The number of hydrogen-bond donors (Lipinski definition) is 2. The van der Waals surface area contributed by atoms with Crippen LogP contribution in [0.2, 0.25) is 0 Å². The number of nitrogens with zero attached hydrogens (tertiary/aromatic N) is 2. The Morgan fingerprint density at radius 2 is 1.93 bits per heavy atom. The molecule has 1 aromatic carbocycles. The van der Waals surface area contributed by atoms with Gasteiger partial charge in [-0.05, 0) is 45.2 Å². The lowest BCUT2D eigenvalue weighted by Crippen LogP contribution is -2.36. The first-order valence-electron chi connectivity index (χ1n) is 9.57. The zero-order valence-electron chi connectivity index (χ0n) is 17.5. The second kappa shape index (κ2) is 12.4. The van der Waals surface area contributed by atoms with Crippen LogP contribution in [0.25, 0.3) is 0 Å². The Kier molecular flexibility index (Phi) is 11.0. The number of benzene rings is 1. The largest absolute Gasteiger partial charge is 0.371 e. The third-order valence-electron chi connectivity index (χ3n) is 3.78. The van der Waals surface area contributed by atoms with Gasteiger partial charge < -0.3 is 15.4 Å². The second-order valence-electron chi connectivity index (χ2n) is 7.34. The fraction of sp³-hybridized carbons (Fsp3) is 0.524. The number of hydrogen-bond acceptors (Lipinski definition) is 4. The average molecular weight is 516 g/mol. The van der Waals surface area contributed by atoms with E-state index in [-0.39, 0.29) is 29.6 Å². The van der Waals surface area contributed by atoms with Crippen molar-refractivity contribution >= 4 is 41.3 Å². The maximum Gasteiger partial charge on any atom is 0.191 e. The van der Waals surface area contributed by atoms with E-state index in [0.717, 1.165) is 23.9 Å². The molecule has 0 fully saturated rings. The van der Waals surface area contributed by atoms with Crippen molar-refractivity contribution < 1.29 is 4.74 Å². The fourth-order valence-corrected chi connectivity index (χ4v) is 3.18. The van der Waals surface area contributed by atoms with Crippen molar-refractivity contribution in [2.24, 2.45) is 4.99 Å². The Morgan fingerprint density at radius 1 is 1.18 bits per heavy atom. The first-order chi connectivity index (χ1) is 12.9. The predicted molar refractivity (Wildman–Crippen MR) is 130 cm³/mol. The van der Waals surface area contributed by atoms with Crippen LogP contribution >= 0.6 is 35.3 Å². The molecule has 0 amide bonds. The number of nitrogens with one attached hydrogen (secondary N) is 2. The Morgan fingerprint density at radius 3 is 2.57 bits per heavy atom. The summed E-state index contributed by atoms with van der Waals surface area (Å²) in [7, 11) is 0. The number of aromatic nitrogens is 1. The van der Waals surface area contributed by atoms with Crippen LogP contribution in [0.3, 0.4) is 0 Å². The summed E-state index contributed by atoms with van der Waals surface area (Å²) >= 11 is 1.75. The lowest BCUT2D eigenvalue weighted by atomic mass is 10.1. The highest BCUT2D eigenvalue weighted by molar-refractivity contribution is 14.0. The summed E-state index contributed by atoms with van der Waals surface area (Å²) in [6.07, 6.45) is 2.98. The molecule has 0 radical (unpaired) electrons. The van der Waals surface area contributed by atoms with E-state index in [1.165, 1.54) is 16.0 Å². The lowest BCUT2D eigenvalue weighted by molar-refractivity contribution is -0.0149. The van der Waals surface area contributed by atoms with Gasteiger partial charge in [-0.2, -0.15) is 0 Å². The third-order valence-corrected chi connectivity index (χ3v) is 4.93. The van der Waals surface area contributed by atoms with Crippen LogP contribution in [0, 0.1) is 0 Å².